The van der Waals surface area contributed by atoms with Gasteiger partial charge < -0.3 is 5.73 Å². The lowest BCUT2D eigenvalue weighted by atomic mass is 10.1. The van der Waals surface area contributed by atoms with E-state index in [1.54, 1.807) is 4.68 Å². The molecule has 0 aliphatic carbocycles. The van der Waals surface area contributed by atoms with Crippen LogP contribution in [0, 0.1) is 13.8 Å². The maximum Gasteiger partial charge on any atom is 0.136 e. The molecule has 0 aliphatic rings. The number of hydrogen-bond acceptors (Lipinski definition) is 2. The van der Waals surface area contributed by atoms with Crippen molar-refractivity contribution in [2.75, 3.05) is 0 Å². The molecule has 2 aromatic rings. The van der Waals surface area contributed by atoms with Crippen molar-refractivity contribution in [1.82, 2.24) is 9.78 Å². The van der Waals surface area contributed by atoms with Crippen LogP contribution in [0.2, 0.25) is 5.15 Å². The number of nitrogens with two attached hydrogens (primary N) is 1. The van der Waals surface area contributed by atoms with Crippen LogP contribution in [-0.2, 0) is 6.42 Å². The highest BCUT2D eigenvalue weighted by Gasteiger charge is 2.15. The molecule has 1 heterocycles. The molecule has 1 atom stereocenters. The summed E-state index contributed by atoms with van der Waals surface area (Å²) in [4.78, 5) is 0. The molecule has 0 saturated heterocycles. The molecule has 2 N–H and O–H groups in total. The van der Waals surface area contributed by atoms with E-state index in [4.69, 9.17) is 17.3 Å². The summed E-state index contributed by atoms with van der Waals surface area (Å²) in [5, 5.41) is 5.15. The van der Waals surface area contributed by atoms with Crippen molar-refractivity contribution >= 4 is 11.6 Å². The Kier molecular flexibility index (Phi) is 3.73. The maximum atomic E-state index is 6.39. The molecule has 18 heavy (non-hydrogen) atoms. The van der Waals surface area contributed by atoms with E-state index in [-0.39, 0.29) is 6.04 Å². The van der Waals surface area contributed by atoms with Gasteiger partial charge in [0.1, 0.15) is 5.15 Å². The van der Waals surface area contributed by atoms with E-state index >= 15 is 0 Å². The van der Waals surface area contributed by atoms with E-state index in [9.17, 15) is 0 Å². The van der Waals surface area contributed by atoms with Crippen molar-refractivity contribution in [1.29, 1.82) is 0 Å². The van der Waals surface area contributed by atoms with Gasteiger partial charge in [0.25, 0.3) is 0 Å². The Morgan fingerprint density at radius 1 is 1.28 bits per heavy atom. The molecule has 0 aliphatic heterocycles. The normalized spacial score (nSPS) is 12.7. The summed E-state index contributed by atoms with van der Waals surface area (Å²) in [6, 6.07) is 8.21. The van der Waals surface area contributed by atoms with Gasteiger partial charge in [0.05, 0.1) is 11.4 Å². The van der Waals surface area contributed by atoms with Crippen LogP contribution in [0.5, 0.6) is 0 Å². The third-order valence-electron chi connectivity index (χ3n) is 2.93. The fraction of sp³-hybridized carbons (Fsp3) is 0.357. The minimum atomic E-state index is 0.0804. The first-order valence-electron chi connectivity index (χ1n) is 6.05. The number of hydrogen-bond donors (Lipinski definition) is 1. The van der Waals surface area contributed by atoms with Gasteiger partial charge in [0, 0.05) is 11.6 Å². The summed E-state index contributed by atoms with van der Waals surface area (Å²) in [6.07, 6.45) is 0.747. The minimum absolute atomic E-state index is 0.0804. The largest absolute Gasteiger partial charge is 0.328 e. The molecule has 1 unspecified atom stereocenters. The van der Waals surface area contributed by atoms with Gasteiger partial charge in [-0.2, -0.15) is 5.10 Å². The molecule has 0 saturated carbocycles. The predicted octanol–water partition coefficient (Wildman–Crippen LogP) is 3.03. The van der Waals surface area contributed by atoms with Gasteiger partial charge in [0.15, 0.2) is 0 Å². The lowest BCUT2D eigenvalue weighted by Gasteiger charge is -2.06. The molecule has 4 heteroatoms. The summed E-state index contributed by atoms with van der Waals surface area (Å²) >= 11 is 6.39. The Bertz CT molecular complexity index is 541. The summed E-state index contributed by atoms with van der Waals surface area (Å²) < 4.78 is 1.77. The van der Waals surface area contributed by atoms with E-state index in [2.05, 4.69) is 12.0 Å². The zero-order valence-electron chi connectivity index (χ0n) is 10.9. The van der Waals surface area contributed by atoms with Gasteiger partial charge >= 0.3 is 0 Å². The Hall–Kier alpha value is -1.32. The number of rotatable bonds is 3. The third kappa shape index (κ3) is 2.57. The average molecular weight is 264 g/mol. The van der Waals surface area contributed by atoms with Crippen molar-refractivity contribution in [2.45, 2.75) is 33.2 Å². The number of benzene rings is 1. The fourth-order valence-electron chi connectivity index (χ4n) is 1.94. The van der Waals surface area contributed by atoms with E-state index in [0.29, 0.717) is 5.15 Å². The number of aryl methyl sites for hydroxylation is 2. The molecule has 0 radical (unpaired) electrons. The Balaban J connectivity index is 2.43. The molecule has 0 amide bonds. The van der Waals surface area contributed by atoms with Crippen LogP contribution in [0.3, 0.4) is 0 Å². The number of halogens is 1. The van der Waals surface area contributed by atoms with Crippen LogP contribution in [0.1, 0.15) is 23.7 Å². The highest BCUT2D eigenvalue weighted by Crippen LogP contribution is 2.24. The van der Waals surface area contributed by atoms with Gasteiger partial charge in [-0.05, 0) is 39.3 Å². The Morgan fingerprint density at radius 2 is 1.89 bits per heavy atom. The lowest BCUT2D eigenvalue weighted by molar-refractivity contribution is 0.735. The number of nitrogens with zero attached hydrogens (tertiary/aromatic N) is 2. The van der Waals surface area contributed by atoms with Crippen LogP contribution >= 0.6 is 11.6 Å². The first kappa shape index (κ1) is 13.1. The second kappa shape index (κ2) is 5.12. The van der Waals surface area contributed by atoms with Crippen LogP contribution in [-0.4, -0.2) is 15.8 Å². The first-order valence-corrected chi connectivity index (χ1v) is 6.43. The van der Waals surface area contributed by atoms with E-state index < -0.39 is 0 Å². The van der Waals surface area contributed by atoms with Crippen LogP contribution in [0.4, 0.5) is 0 Å². The summed E-state index contributed by atoms with van der Waals surface area (Å²) in [7, 11) is 0. The van der Waals surface area contributed by atoms with E-state index in [0.717, 1.165) is 23.4 Å². The molecule has 1 aromatic carbocycles. The van der Waals surface area contributed by atoms with Crippen LogP contribution < -0.4 is 5.73 Å². The highest BCUT2D eigenvalue weighted by atomic mass is 35.5. The van der Waals surface area contributed by atoms with Crippen molar-refractivity contribution in [3.05, 3.63) is 46.2 Å². The van der Waals surface area contributed by atoms with Gasteiger partial charge in [-0.3, -0.25) is 0 Å². The Morgan fingerprint density at radius 3 is 2.44 bits per heavy atom. The van der Waals surface area contributed by atoms with E-state index in [1.807, 2.05) is 38.1 Å². The van der Waals surface area contributed by atoms with Crippen molar-refractivity contribution < 1.29 is 0 Å². The van der Waals surface area contributed by atoms with E-state index in [1.165, 1.54) is 5.56 Å². The highest BCUT2D eigenvalue weighted by molar-refractivity contribution is 6.30. The second-order valence-corrected chi connectivity index (χ2v) is 5.14. The van der Waals surface area contributed by atoms with Crippen molar-refractivity contribution in [3.63, 3.8) is 0 Å². The molecule has 3 nitrogen and oxygen atoms in total. The third-order valence-corrected chi connectivity index (χ3v) is 3.31. The van der Waals surface area contributed by atoms with Crippen molar-refractivity contribution in [2.24, 2.45) is 5.73 Å². The molecule has 0 spiro atoms. The van der Waals surface area contributed by atoms with Crippen LogP contribution in [0.15, 0.2) is 24.3 Å². The molecular formula is C14H18ClN3. The zero-order chi connectivity index (χ0) is 13.3. The quantitative estimate of drug-likeness (QED) is 0.925. The SMILES string of the molecule is Cc1ccc(-n2nc(C)c(CC(C)N)c2Cl)cc1. The molecule has 0 bridgehead atoms. The van der Waals surface area contributed by atoms with Crippen molar-refractivity contribution in [3.8, 4) is 5.69 Å². The average Bonchev–Trinajstić information content (AvgIpc) is 2.58. The molecule has 96 valence electrons. The standard InChI is InChI=1S/C14H18ClN3/c1-9-4-6-12(7-5-9)18-14(15)13(8-10(2)16)11(3)17-18/h4-7,10H,8,16H2,1-3H3. The topological polar surface area (TPSA) is 43.8 Å². The monoisotopic (exact) mass is 263 g/mol. The number of aromatic nitrogens is 2. The van der Waals surface area contributed by atoms with Gasteiger partial charge in [0.2, 0.25) is 0 Å². The van der Waals surface area contributed by atoms with Gasteiger partial charge in [-0.1, -0.05) is 29.3 Å². The molecule has 0 fully saturated rings. The second-order valence-electron chi connectivity index (χ2n) is 4.78. The summed E-state index contributed by atoms with van der Waals surface area (Å²) in [5.41, 5.74) is 10.0. The molecule has 1 aromatic heterocycles. The first-order chi connectivity index (χ1) is 8.49. The predicted molar refractivity (Wildman–Crippen MR) is 75.4 cm³/mol. The molecule has 2 rings (SSSR count). The van der Waals surface area contributed by atoms with Crippen LogP contribution in [0.25, 0.3) is 5.69 Å². The fourth-order valence-corrected chi connectivity index (χ4v) is 2.29. The zero-order valence-corrected chi connectivity index (χ0v) is 11.7. The molecular weight excluding hydrogens is 246 g/mol. The smallest absolute Gasteiger partial charge is 0.136 e. The van der Waals surface area contributed by atoms with Gasteiger partial charge in [-0.25, -0.2) is 4.68 Å². The lowest BCUT2D eigenvalue weighted by Crippen LogP contribution is -2.18. The Labute approximate surface area is 113 Å². The maximum absolute atomic E-state index is 6.39. The van der Waals surface area contributed by atoms with Gasteiger partial charge in [-0.15, -0.1) is 0 Å². The summed E-state index contributed by atoms with van der Waals surface area (Å²) in [5.74, 6) is 0. The summed E-state index contributed by atoms with van der Waals surface area (Å²) in [6.45, 7) is 5.99. The minimum Gasteiger partial charge on any atom is -0.328 e.